The molecule has 0 fully saturated rings. The van der Waals surface area contributed by atoms with E-state index in [-0.39, 0.29) is 24.5 Å². The minimum atomic E-state index is -1.05. The maximum Gasteiger partial charge on any atom is 0.323 e. The molecule has 0 aromatic heterocycles. The third kappa shape index (κ3) is 6.37. The Morgan fingerprint density at radius 1 is 1.17 bits per heavy atom. The van der Waals surface area contributed by atoms with E-state index in [9.17, 15) is 14.4 Å². The highest BCUT2D eigenvalue weighted by Crippen LogP contribution is 2.12. The monoisotopic (exact) mass is 321 g/mol. The van der Waals surface area contributed by atoms with E-state index in [1.165, 1.54) is 4.90 Å². The van der Waals surface area contributed by atoms with Crippen molar-refractivity contribution in [1.82, 2.24) is 10.2 Å². The van der Waals surface area contributed by atoms with Crippen LogP contribution >= 0.6 is 0 Å². The number of carboxylic acid groups (broad SMARTS) is 1. The Balaban J connectivity index is 2.75. The van der Waals surface area contributed by atoms with Gasteiger partial charge in [0.25, 0.3) is 5.91 Å². The molecule has 7 heteroatoms. The minimum Gasteiger partial charge on any atom is -0.480 e. The van der Waals surface area contributed by atoms with Crippen LogP contribution in [0.3, 0.4) is 0 Å². The first kappa shape index (κ1) is 18.5. The van der Waals surface area contributed by atoms with Gasteiger partial charge in [-0.25, -0.2) is 4.79 Å². The molecule has 1 aromatic carbocycles. The summed E-state index contributed by atoms with van der Waals surface area (Å²) in [6, 6.07) is 6.05. The summed E-state index contributed by atoms with van der Waals surface area (Å²) in [4.78, 5) is 36.0. The molecule has 3 N–H and O–H groups in total. The molecule has 0 saturated carbocycles. The van der Waals surface area contributed by atoms with Gasteiger partial charge in [0.05, 0.1) is 0 Å². The molecule has 0 heterocycles. The smallest absolute Gasteiger partial charge is 0.323 e. The third-order valence-electron chi connectivity index (χ3n) is 2.92. The van der Waals surface area contributed by atoms with Crippen LogP contribution in [0.2, 0.25) is 0 Å². The van der Waals surface area contributed by atoms with Gasteiger partial charge in [0.2, 0.25) is 0 Å². The number of anilines is 1. The molecule has 0 unspecified atom stereocenters. The van der Waals surface area contributed by atoms with Crippen molar-refractivity contribution >= 4 is 23.6 Å². The van der Waals surface area contributed by atoms with E-state index >= 15 is 0 Å². The lowest BCUT2D eigenvalue weighted by molar-refractivity contribution is -0.137. The van der Waals surface area contributed by atoms with Crippen LogP contribution in [0.1, 0.15) is 37.6 Å². The molecule has 0 radical (unpaired) electrons. The van der Waals surface area contributed by atoms with Crippen LogP contribution in [0.5, 0.6) is 0 Å². The fraction of sp³-hybridized carbons (Fsp3) is 0.438. The number of aliphatic carboxylic acids is 1. The van der Waals surface area contributed by atoms with Crippen LogP contribution in [0.25, 0.3) is 0 Å². The lowest BCUT2D eigenvalue weighted by Crippen LogP contribution is -2.36. The van der Waals surface area contributed by atoms with Crippen molar-refractivity contribution in [2.75, 3.05) is 18.4 Å². The minimum absolute atomic E-state index is 0.0227. The van der Waals surface area contributed by atoms with Crippen molar-refractivity contribution in [3.05, 3.63) is 29.8 Å². The van der Waals surface area contributed by atoms with Crippen LogP contribution in [-0.2, 0) is 4.79 Å². The van der Waals surface area contributed by atoms with Gasteiger partial charge in [-0.2, -0.15) is 0 Å². The summed E-state index contributed by atoms with van der Waals surface area (Å²) in [6.45, 7) is 5.63. The number of carboxylic acids is 1. The van der Waals surface area contributed by atoms with Gasteiger partial charge in [0.15, 0.2) is 0 Å². The zero-order valence-corrected chi connectivity index (χ0v) is 13.6. The lowest BCUT2D eigenvalue weighted by Gasteiger charge is -2.20. The third-order valence-corrected chi connectivity index (χ3v) is 2.92. The highest BCUT2D eigenvalue weighted by molar-refractivity contribution is 5.96. The topological polar surface area (TPSA) is 98.7 Å². The molecule has 126 valence electrons. The van der Waals surface area contributed by atoms with E-state index < -0.39 is 5.97 Å². The summed E-state index contributed by atoms with van der Waals surface area (Å²) in [5.74, 6) is -1.39. The van der Waals surface area contributed by atoms with Gasteiger partial charge in [-0.05, 0) is 44.5 Å². The fourth-order valence-corrected chi connectivity index (χ4v) is 1.99. The summed E-state index contributed by atoms with van der Waals surface area (Å²) >= 11 is 0. The predicted molar refractivity (Wildman–Crippen MR) is 87.6 cm³/mol. The number of hydrogen-bond donors (Lipinski definition) is 3. The Hall–Kier alpha value is -2.57. The molecule has 1 rings (SSSR count). The quantitative estimate of drug-likeness (QED) is 0.716. The zero-order chi connectivity index (χ0) is 17.4. The second-order valence-electron chi connectivity index (χ2n) is 5.45. The molecule has 0 aliphatic rings. The summed E-state index contributed by atoms with van der Waals surface area (Å²) < 4.78 is 0. The van der Waals surface area contributed by atoms with Crippen molar-refractivity contribution in [3.63, 3.8) is 0 Å². The van der Waals surface area contributed by atoms with Crippen molar-refractivity contribution in [1.29, 1.82) is 0 Å². The molecular weight excluding hydrogens is 298 g/mol. The first-order valence-corrected chi connectivity index (χ1v) is 7.52. The van der Waals surface area contributed by atoms with E-state index in [4.69, 9.17) is 5.11 Å². The van der Waals surface area contributed by atoms with Gasteiger partial charge >= 0.3 is 12.0 Å². The number of amides is 3. The predicted octanol–water partition coefficient (Wildman–Crippen LogP) is 2.15. The molecule has 3 amide bonds. The number of nitrogens with one attached hydrogen (secondary N) is 2. The number of urea groups is 1. The Morgan fingerprint density at radius 2 is 1.78 bits per heavy atom. The highest BCUT2D eigenvalue weighted by Gasteiger charge is 2.17. The van der Waals surface area contributed by atoms with Gasteiger partial charge in [-0.3, -0.25) is 9.59 Å². The van der Waals surface area contributed by atoms with Gasteiger partial charge in [0.1, 0.15) is 6.54 Å². The van der Waals surface area contributed by atoms with E-state index in [1.54, 1.807) is 24.3 Å². The highest BCUT2D eigenvalue weighted by atomic mass is 16.4. The summed E-state index contributed by atoms with van der Waals surface area (Å²) in [7, 11) is 0. The van der Waals surface area contributed by atoms with Gasteiger partial charge in [-0.15, -0.1) is 0 Å². The van der Waals surface area contributed by atoms with Crippen molar-refractivity contribution < 1.29 is 19.5 Å². The number of nitrogens with zero attached hydrogens (tertiary/aromatic N) is 1. The van der Waals surface area contributed by atoms with Crippen LogP contribution in [0.15, 0.2) is 24.3 Å². The molecule has 0 bridgehead atoms. The molecule has 7 nitrogen and oxygen atoms in total. The molecule has 0 aliphatic carbocycles. The fourth-order valence-electron chi connectivity index (χ4n) is 1.99. The number of rotatable bonds is 7. The van der Waals surface area contributed by atoms with E-state index in [0.29, 0.717) is 24.2 Å². The summed E-state index contributed by atoms with van der Waals surface area (Å²) in [6.07, 6.45) is 0.675. The molecule has 0 spiro atoms. The molecule has 0 atom stereocenters. The molecule has 1 aromatic rings. The van der Waals surface area contributed by atoms with Gasteiger partial charge in [0, 0.05) is 23.8 Å². The van der Waals surface area contributed by atoms with Crippen LogP contribution in [0, 0.1) is 0 Å². The Bertz CT molecular complexity index is 555. The van der Waals surface area contributed by atoms with Gasteiger partial charge < -0.3 is 20.6 Å². The Morgan fingerprint density at radius 3 is 2.26 bits per heavy atom. The van der Waals surface area contributed by atoms with E-state index in [0.717, 1.165) is 0 Å². The normalized spacial score (nSPS) is 10.3. The lowest BCUT2D eigenvalue weighted by atomic mass is 10.1. The van der Waals surface area contributed by atoms with Crippen LogP contribution < -0.4 is 10.6 Å². The van der Waals surface area contributed by atoms with Crippen LogP contribution in [-0.4, -0.2) is 47.0 Å². The molecule has 0 saturated heterocycles. The maximum atomic E-state index is 12.3. The largest absolute Gasteiger partial charge is 0.480 e. The molecular formula is C16H23N3O4. The first-order chi connectivity index (χ1) is 10.8. The second kappa shape index (κ2) is 8.77. The summed E-state index contributed by atoms with van der Waals surface area (Å²) in [5, 5.41) is 14.2. The second-order valence-corrected chi connectivity index (χ2v) is 5.45. The van der Waals surface area contributed by atoms with Crippen molar-refractivity contribution in [3.8, 4) is 0 Å². The molecule has 0 aliphatic heterocycles. The number of carbonyl (C=O) groups excluding carboxylic acids is 2. The van der Waals surface area contributed by atoms with E-state index in [2.05, 4.69) is 10.6 Å². The average molecular weight is 321 g/mol. The Labute approximate surface area is 135 Å². The first-order valence-electron chi connectivity index (χ1n) is 7.52. The van der Waals surface area contributed by atoms with Crippen molar-refractivity contribution in [2.24, 2.45) is 0 Å². The average Bonchev–Trinajstić information content (AvgIpc) is 2.45. The van der Waals surface area contributed by atoms with E-state index in [1.807, 2.05) is 20.8 Å². The number of carbonyl (C=O) groups is 3. The Kier molecular flexibility index (Phi) is 7.05. The molecule has 23 heavy (non-hydrogen) atoms. The van der Waals surface area contributed by atoms with Crippen LogP contribution in [0.4, 0.5) is 10.5 Å². The standard InChI is InChI=1S/C16H23N3O4/c1-4-9-19(10-14(20)21)15(22)12-5-7-13(8-6-12)18-16(23)17-11(2)3/h5-8,11H,4,9-10H2,1-3H3,(H,20,21)(H2,17,18,23). The summed E-state index contributed by atoms with van der Waals surface area (Å²) in [5.41, 5.74) is 0.939. The maximum absolute atomic E-state index is 12.3. The number of hydrogen-bond acceptors (Lipinski definition) is 3. The SMILES string of the molecule is CCCN(CC(=O)O)C(=O)c1ccc(NC(=O)NC(C)C)cc1. The van der Waals surface area contributed by atoms with Gasteiger partial charge in [-0.1, -0.05) is 6.92 Å². The number of benzene rings is 1. The van der Waals surface area contributed by atoms with Crippen molar-refractivity contribution in [2.45, 2.75) is 33.2 Å². The zero-order valence-electron chi connectivity index (χ0n) is 13.6.